The van der Waals surface area contributed by atoms with E-state index >= 15 is 0 Å². The number of pyridine rings is 1. The van der Waals surface area contributed by atoms with Crippen LogP contribution in [-0.2, 0) is 4.79 Å². The van der Waals surface area contributed by atoms with E-state index in [1.54, 1.807) is 23.9 Å². The van der Waals surface area contributed by atoms with Crippen LogP contribution < -0.4 is 0 Å². The highest BCUT2D eigenvalue weighted by Gasteiger charge is 2.64. The van der Waals surface area contributed by atoms with Crippen LogP contribution in [0.2, 0.25) is 0 Å². The van der Waals surface area contributed by atoms with Crippen molar-refractivity contribution in [3.63, 3.8) is 0 Å². The number of halogens is 3. The normalized spacial score (nSPS) is 20.6. The molecule has 1 N–H and O–H groups in total. The molecule has 1 unspecified atom stereocenters. The third-order valence-corrected chi connectivity index (χ3v) is 4.99. The first-order valence-corrected chi connectivity index (χ1v) is 8.42. The molecule has 1 amide bonds. The number of hydrogen-bond donors (Lipinski definition) is 1. The second-order valence-electron chi connectivity index (χ2n) is 7.08. The van der Waals surface area contributed by atoms with Crippen molar-refractivity contribution in [3.8, 4) is 0 Å². The summed E-state index contributed by atoms with van der Waals surface area (Å²) in [5.41, 5.74) is -1.85. The van der Waals surface area contributed by atoms with Gasteiger partial charge in [0.1, 0.15) is 0 Å². The summed E-state index contributed by atoms with van der Waals surface area (Å²) >= 11 is 0. The van der Waals surface area contributed by atoms with Gasteiger partial charge in [-0.3, -0.25) is 9.59 Å². The average Bonchev–Trinajstić information content (AvgIpc) is 3.17. The number of alkyl halides is 3. The second kappa shape index (κ2) is 6.21. The molecule has 1 saturated heterocycles. The van der Waals surface area contributed by atoms with Gasteiger partial charge >= 0.3 is 12.1 Å². The first kappa shape index (κ1) is 19.1. The zero-order valence-electron chi connectivity index (χ0n) is 15.0. The molecule has 0 aromatic carbocycles. The van der Waals surface area contributed by atoms with Gasteiger partial charge in [0.25, 0.3) is 5.91 Å². The van der Waals surface area contributed by atoms with Gasteiger partial charge in [0.2, 0.25) is 0 Å². The van der Waals surface area contributed by atoms with Crippen LogP contribution in [0.4, 0.5) is 13.2 Å². The monoisotopic (exact) mass is 384 g/mol. The van der Waals surface area contributed by atoms with E-state index in [0.717, 1.165) is 4.90 Å². The standard InChI is InChI=1S/C17H19F3N4O3/c1-9(2)24-13-11(7-21-24)6-12(10(3)22-13)14(25)23-5-4-16(8-23,15(26)27)17(18,19)20/h6-7,9H,4-5,8H2,1-3H3,(H,26,27). The third kappa shape index (κ3) is 2.92. The molecule has 1 aliphatic rings. The molecule has 2 aromatic rings. The maximum absolute atomic E-state index is 13.3. The molecule has 0 spiro atoms. The molecule has 3 rings (SSSR count). The number of likely N-dealkylation sites (tertiary alicyclic amines) is 1. The van der Waals surface area contributed by atoms with Gasteiger partial charge in [-0.15, -0.1) is 0 Å². The van der Waals surface area contributed by atoms with E-state index in [-0.39, 0.29) is 18.2 Å². The average molecular weight is 384 g/mol. The maximum Gasteiger partial charge on any atom is 0.406 e. The van der Waals surface area contributed by atoms with Crippen LogP contribution in [0, 0.1) is 12.3 Å². The second-order valence-corrected chi connectivity index (χ2v) is 7.08. The van der Waals surface area contributed by atoms with Crippen LogP contribution in [0.3, 0.4) is 0 Å². The molecule has 1 atom stereocenters. The topological polar surface area (TPSA) is 88.3 Å². The zero-order chi connectivity index (χ0) is 20.1. The van der Waals surface area contributed by atoms with Crippen LogP contribution in [0.5, 0.6) is 0 Å². The number of nitrogens with zero attached hydrogens (tertiary/aromatic N) is 4. The molecule has 0 aliphatic carbocycles. The number of aliphatic carboxylic acids is 1. The minimum absolute atomic E-state index is 0.0532. The van der Waals surface area contributed by atoms with Crippen LogP contribution in [-0.4, -0.2) is 55.9 Å². The fraction of sp³-hybridized carbons (Fsp3) is 0.529. The SMILES string of the molecule is Cc1nc2c(cnn2C(C)C)cc1C(=O)N1CCC(C(=O)O)(C(F)(F)F)C1. The number of carboxylic acid groups (broad SMARTS) is 1. The lowest BCUT2D eigenvalue weighted by Gasteiger charge is -2.27. The zero-order valence-corrected chi connectivity index (χ0v) is 15.0. The van der Waals surface area contributed by atoms with Crippen LogP contribution in [0.1, 0.15) is 42.4 Å². The fourth-order valence-corrected chi connectivity index (χ4v) is 3.34. The quantitative estimate of drug-likeness (QED) is 0.879. The van der Waals surface area contributed by atoms with E-state index in [2.05, 4.69) is 10.1 Å². The summed E-state index contributed by atoms with van der Waals surface area (Å²) in [6.07, 6.45) is -4.07. The summed E-state index contributed by atoms with van der Waals surface area (Å²) in [7, 11) is 0. The first-order valence-electron chi connectivity index (χ1n) is 8.42. The summed E-state index contributed by atoms with van der Waals surface area (Å²) in [6.45, 7) is 4.25. The fourth-order valence-electron chi connectivity index (χ4n) is 3.34. The minimum Gasteiger partial charge on any atom is -0.481 e. The molecular formula is C17H19F3N4O3. The van der Waals surface area contributed by atoms with Gasteiger partial charge in [-0.2, -0.15) is 18.3 Å². The maximum atomic E-state index is 13.3. The summed E-state index contributed by atoms with van der Waals surface area (Å²) in [5, 5.41) is 13.9. The number of rotatable bonds is 3. The van der Waals surface area contributed by atoms with Crippen molar-refractivity contribution >= 4 is 22.9 Å². The van der Waals surface area contributed by atoms with E-state index in [1.165, 1.54) is 0 Å². The first-order chi connectivity index (χ1) is 12.5. The third-order valence-electron chi connectivity index (χ3n) is 4.99. The number of carbonyl (C=O) groups is 2. The van der Waals surface area contributed by atoms with Crippen molar-refractivity contribution in [2.75, 3.05) is 13.1 Å². The summed E-state index contributed by atoms with van der Waals surface area (Å²) in [6, 6.07) is 1.60. The Hall–Kier alpha value is -2.65. The Morgan fingerprint density at radius 3 is 2.52 bits per heavy atom. The van der Waals surface area contributed by atoms with Crippen molar-refractivity contribution in [2.24, 2.45) is 5.41 Å². The van der Waals surface area contributed by atoms with Gasteiger partial charge in [-0.05, 0) is 33.3 Å². The number of aromatic nitrogens is 3. The van der Waals surface area contributed by atoms with Gasteiger partial charge in [0, 0.05) is 24.5 Å². The van der Waals surface area contributed by atoms with E-state index < -0.39 is 36.4 Å². The van der Waals surface area contributed by atoms with E-state index in [0.29, 0.717) is 16.7 Å². The van der Waals surface area contributed by atoms with Gasteiger partial charge < -0.3 is 10.0 Å². The number of carboxylic acids is 1. The Balaban J connectivity index is 1.95. The Kier molecular flexibility index (Phi) is 4.40. The molecule has 2 aromatic heterocycles. The molecule has 10 heteroatoms. The Labute approximate surface area is 152 Å². The van der Waals surface area contributed by atoms with E-state index in [9.17, 15) is 22.8 Å². The lowest BCUT2D eigenvalue weighted by molar-refractivity contribution is -0.227. The molecule has 0 bridgehead atoms. The highest BCUT2D eigenvalue weighted by atomic mass is 19.4. The van der Waals surface area contributed by atoms with E-state index in [1.807, 2.05) is 13.8 Å². The minimum atomic E-state index is -4.94. The van der Waals surface area contributed by atoms with Crippen molar-refractivity contribution in [3.05, 3.63) is 23.5 Å². The molecule has 0 saturated carbocycles. The molecular weight excluding hydrogens is 365 g/mol. The highest BCUT2D eigenvalue weighted by molar-refractivity contribution is 5.98. The van der Waals surface area contributed by atoms with E-state index in [4.69, 9.17) is 5.11 Å². The van der Waals surface area contributed by atoms with Crippen LogP contribution in [0.25, 0.3) is 11.0 Å². The predicted octanol–water partition coefficient (Wildman–Crippen LogP) is 2.80. The van der Waals surface area contributed by atoms with Crippen molar-refractivity contribution in [2.45, 2.75) is 39.4 Å². The predicted molar refractivity (Wildman–Crippen MR) is 89.3 cm³/mol. The summed E-state index contributed by atoms with van der Waals surface area (Å²) in [4.78, 5) is 29.4. The molecule has 1 aliphatic heterocycles. The van der Waals surface area contributed by atoms with Crippen LogP contribution >= 0.6 is 0 Å². The molecule has 146 valence electrons. The Morgan fingerprint density at radius 2 is 2.00 bits per heavy atom. The summed E-state index contributed by atoms with van der Waals surface area (Å²) < 4.78 is 41.7. The van der Waals surface area contributed by atoms with Gasteiger partial charge in [-0.25, -0.2) is 9.67 Å². The smallest absolute Gasteiger partial charge is 0.406 e. The number of carbonyl (C=O) groups excluding carboxylic acids is 1. The van der Waals surface area contributed by atoms with Crippen molar-refractivity contribution in [1.82, 2.24) is 19.7 Å². The molecule has 27 heavy (non-hydrogen) atoms. The number of fused-ring (bicyclic) bond motifs is 1. The summed E-state index contributed by atoms with van der Waals surface area (Å²) in [5.74, 6) is -2.62. The molecule has 3 heterocycles. The Morgan fingerprint density at radius 1 is 1.33 bits per heavy atom. The van der Waals surface area contributed by atoms with Gasteiger partial charge in [0.05, 0.1) is 17.5 Å². The molecule has 1 fully saturated rings. The van der Waals surface area contributed by atoms with Crippen molar-refractivity contribution < 1.29 is 27.9 Å². The van der Waals surface area contributed by atoms with Crippen molar-refractivity contribution in [1.29, 1.82) is 0 Å². The van der Waals surface area contributed by atoms with Gasteiger partial charge in [-0.1, -0.05) is 0 Å². The lowest BCUT2D eigenvalue weighted by Crippen LogP contribution is -2.47. The lowest BCUT2D eigenvalue weighted by atomic mass is 9.86. The Bertz CT molecular complexity index is 922. The number of aryl methyl sites for hydroxylation is 1. The van der Waals surface area contributed by atoms with Crippen LogP contribution in [0.15, 0.2) is 12.3 Å². The molecule has 0 radical (unpaired) electrons. The van der Waals surface area contributed by atoms with Gasteiger partial charge in [0.15, 0.2) is 11.1 Å². The molecule has 7 nitrogen and oxygen atoms in total. The highest BCUT2D eigenvalue weighted by Crippen LogP contribution is 2.46. The number of hydrogen-bond acceptors (Lipinski definition) is 4. The largest absolute Gasteiger partial charge is 0.481 e. The number of amides is 1.